The third-order valence-corrected chi connectivity index (χ3v) is 7.53. The van der Waals surface area contributed by atoms with E-state index in [1.807, 2.05) is 12.1 Å². The highest BCUT2D eigenvalue weighted by Gasteiger charge is 2.26. The summed E-state index contributed by atoms with van der Waals surface area (Å²) >= 11 is 25.4. The van der Waals surface area contributed by atoms with Gasteiger partial charge in [0.1, 0.15) is 0 Å². The molecule has 1 unspecified atom stereocenters. The van der Waals surface area contributed by atoms with Crippen LogP contribution in [-0.4, -0.2) is 35.5 Å². The lowest BCUT2D eigenvalue weighted by molar-refractivity contribution is 0.129. The Labute approximate surface area is 180 Å². The Hall–Kier alpha value is -0.480. The summed E-state index contributed by atoms with van der Waals surface area (Å²) in [5, 5.41) is 2.70. The first-order valence-electron chi connectivity index (χ1n) is 9.32. The first-order chi connectivity index (χ1) is 12.9. The minimum atomic E-state index is 0.424. The van der Waals surface area contributed by atoms with Crippen LogP contribution in [0, 0.1) is 0 Å². The Morgan fingerprint density at radius 3 is 2.00 bits per heavy atom. The molecule has 0 spiro atoms. The maximum Gasteiger partial charge on any atom is 0.0640 e. The predicted molar refractivity (Wildman–Crippen MR) is 115 cm³/mol. The van der Waals surface area contributed by atoms with Gasteiger partial charge in [0, 0.05) is 38.8 Å². The fraction of sp³-hybridized carbons (Fsp3) is 0.429. The van der Waals surface area contributed by atoms with Gasteiger partial charge in [-0.2, -0.15) is 0 Å². The first kappa shape index (κ1) is 19.8. The molecule has 0 N–H and O–H groups in total. The van der Waals surface area contributed by atoms with Crippen LogP contribution in [0.2, 0.25) is 20.1 Å². The molecule has 0 radical (unpaired) electrons. The van der Waals surface area contributed by atoms with Gasteiger partial charge in [0.25, 0.3) is 0 Å². The van der Waals surface area contributed by atoms with E-state index in [9.17, 15) is 0 Å². The normalized spacial score (nSPS) is 18.9. The average Bonchev–Trinajstić information content (AvgIpc) is 2.68. The molecule has 0 amide bonds. The highest BCUT2D eigenvalue weighted by molar-refractivity contribution is 6.43. The lowest BCUT2D eigenvalue weighted by Gasteiger charge is -2.38. The van der Waals surface area contributed by atoms with E-state index in [4.69, 9.17) is 46.4 Å². The topological polar surface area (TPSA) is 6.48 Å². The summed E-state index contributed by atoms with van der Waals surface area (Å²) in [5.74, 6) is 0. The molecule has 0 bridgehead atoms. The Morgan fingerprint density at radius 1 is 0.815 bits per heavy atom. The van der Waals surface area contributed by atoms with Crippen LogP contribution < -0.4 is 0 Å². The van der Waals surface area contributed by atoms with Crippen molar-refractivity contribution >= 4 is 46.4 Å². The van der Waals surface area contributed by atoms with E-state index in [2.05, 4.69) is 28.9 Å². The number of fused-ring (bicyclic) bond motifs is 2. The molecular weight excluding hydrogens is 422 g/mol. The molecule has 0 fully saturated rings. The van der Waals surface area contributed by atoms with E-state index in [0.29, 0.717) is 26.1 Å². The smallest absolute Gasteiger partial charge is 0.0640 e. The van der Waals surface area contributed by atoms with Gasteiger partial charge >= 0.3 is 0 Å². The summed E-state index contributed by atoms with van der Waals surface area (Å²) in [7, 11) is 0. The zero-order valence-electron chi connectivity index (χ0n) is 15.2. The van der Waals surface area contributed by atoms with Crippen molar-refractivity contribution < 1.29 is 0 Å². The predicted octanol–water partition coefficient (Wildman–Crippen LogP) is 6.11. The summed E-state index contributed by atoms with van der Waals surface area (Å²) in [6.07, 6.45) is 2.03. The van der Waals surface area contributed by atoms with Crippen LogP contribution in [-0.2, 0) is 25.9 Å². The summed E-state index contributed by atoms with van der Waals surface area (Å²) in [6.45, 7) is 7.09. The van der Waals surface area contributed by atoms with Crippen LogP contribution in [0.4, 0.5) is 0 Å². The van der Waals surface area contributed by atoms with Crippen LogP contribution in [0.1, 0.15) is 29.2 Å². The zero-order chi connectivity index (χ0) is 19.1. The minimum Gasteiger partial charge on any atom is -0.297 e. The van der Waals surface area contributed by atoms with Crippen molar-refractivity contribution in [3.05, 3.63) is 66.6 Å². The fourth-order valence-electron chi connectivity index (χ4n) is 4.22. The molecule has 0 aliphatic carbocycles. The SMILES string of the molecule is CC(CN1CCc2ccc(Cl)c(Cl)c2C1)N1CCc2ccc(Cl)c(Cl)c2C1. The number of hydrogen-bond donors (Lipinski definition) is 0. The van der Waals surface area contributed by atoms with Gasteiger partial charge in [-0.3, -0.25) is 9.80 Å². The van der Waals surface area contributed by atoms with Crippen molar-refractivity contribution in [2.75, 3.05) is 19.6 Å². The molecule has 2 aromatic rings. The Kier molecular flexibility index (Phi) is 5.95. The molecule has 6 heteroatoms. The molecular formula is C21H22Cl4N2. The molecule has 2 aliphatic heterocycles. The average molecular weight is 444 g/mol. The lowest BCUT2D eigenvalue weighted by atomic mass is 9.97. The quantitative estimate of drug-likeness (QED) is 0.564. The van der Waals surface area contributed by atoms with Crippen molar-refractivity contribution in [1.82, 2.24) is 9.80 Å². The highest BCUT2D eigenvalue weighted by atomic mass is 35.5. The van der Waals surface area contributed by atoms with Gasteiger partial charge in [-0.05, 0) is 54.2 Å². The van der Waals surface area contributed by atoms with Crippen molar-refractivity contribution in [3.63, 3.8) is 0 Å². The molecule has 4 rings (SSSR count). The molecule has 0 saturated carbocycles. The van der Waals surface area contributed by atoms with E-state index in [-0.39, 0.29) is 0 Å². The largest absolute Gasteiger partial charge is 0.297 e. The summed E-state index contributed by atoms with van der Waals surface area (Å²) in [4.78, 5) is 4.98. The van der Waals surface area contributed by atoms with Crippen molar-refractivity contribution in [2.45, 2.75) is 38.9 Å². The molecule has 2 aromatic carbocycles. The molecule has 144 valence electrons. The third kappa shape index (κ3) is 3.99. The maximum atomic E-state index is 6.47. The standard InChI is InChI=1S/C21H22Cl4N2/c1-13(27-9-7-15-3-5-19(23)21(25)17(15)12-27)10-26-8-6-14-2-4-18(22)20(24)16(14)11-26/h2-5,13H,6-12H2,1H3. The monoisotopic (exact) mass is 442 g/mol. The van der Waals surface area contributed by atoms with E-state index >= 15 is 0 Å². The summed E-state index contributed by atoms with van der Waals surface area (Å²) < 4.78 is 0. The van der Waals surface area contributed by atoms with Crippen molar-refractivity contribution in [1.29, 1.82) is 0 Å². The molecule has 2 nitrogen and oxygen atoms in total. The van der Waals surface area contributed by atoms with Gasteiger partial charge in [-0.25, -0.2) is 0 Å². The molecule has 2 aliphatic rings. The van der Waals surface area contributed by atoms with Gasteiger partial charge in [-0.15, -0.1) is 0 Å². The number of hydrogen-bond acceptors (Lipinski definition) is 2. The number of halogens is 4. The second-order valence-corrected chi connectivity index (χ2v) is 9.12. The Morgan fingerprint density at radius 2 is 1.37 bits per heavy atom. The molecule has 1 atom stereocenters. The van der Waals surface area contributed by atoms with Gasteiger partial charge in [0.2, 0.25) is 0 Å². The summed E-state index contributed by atoms with van der Waals surface area (Å²) in [5.41, 5.74) is 5.00. The zero-order valence-corrected chi connectivity index (χ0v) is 18.3. The van der Waals surface area contributed by atoms with Gasteiger partial charge in [0.15, 0.2) is 0 Å². The van der Waals surface area contributed by atoms with E-state index in [1.54, 1.807) is 0 Å². The van der Waals surface area contributed by atoms with Crippen LogP contribution in [0.3, 0.4) is 0 Å². The number of rotatable bonds is 3. The van der Waals surface area contributed by atoms with E-state index in [1.165, 1.54) is 22.3 Å². The second-order valence-electron chi connectivity index (χ2n) is 7.55. The first-order valence-corrected chi connectivity index (χ1v) is 10.8. The Bertz CT molecular complexity index is 868. The van der Waals surface area contributed by atoms with E-state index < -0.39 is 0 Å². The van der Waals surface area contributed by atoms with Crippen LogP contribution in [0.25, 0.3) is 0 Å². The lowest BCUT2D eigenvalue weighted by Crippen LogP contribution is -2.45. The molecule has 2 heterocycles. The second kappa shape index (κ2) is 8.10. The van der Waals surface area contributed by atoms with E-state index in [0.717, 1.165) is 45.6 Å². The third-order valence-electron chi connectivity index (χ3n) is 5.84. The van der Waals surface area contributed by atoms with Gasteiger partial charge in [-0.1, -0.05) is 58.5 Å². The van der Waals surface area contributed by atoms with Crippen molar-refractivity contribution in [3.8, 4) is 0 Å². The van der Waals surface area contributed by atoms with Crippen LogP contribution in [0.15, 0.2) is 24.3 Å². The molecule has 0 aromatic heterocycles. The van der Waals surface area contributed by atoms with Crippen molar-refractivity contribution in [2.24, 2.45) is 0 Å². The highest BCUT2D eigenvalue weighted by Crippen LogP contribution is 2.34. The number of nitrogens with zero attached hydrogens (tertiary/aromatic N) is 2. The molecule has 27 heavy (non-hydrogen) atoms. The molecule has 0 saturated heterocycles. The van der Waals surface area contributed by atoms with Gasteiger partial charge < -0.3 is 0 Å². The van der Waals surface area contributed by atoms with Gasteiger partial charge in [0.05, 0.1) is 20.1 Å². The maximum absolute atomic E-state index is 6.47. The Balaban J connectivity index is 1.45. The fourth-order valence-corrected chi connectivity index (χ4v) is 5.07. The minimum absolute atomic E-state index is 0.424. The van der Waals surface area contributed by atoms with Crippen LogP contribution in [0.5, 0.6) is 0 Å². The number of benzene rings is 2. The van der Waals surface area contributed by atoms with Crippen LogP contribution >= 0.6 is 46.4 Å². The summed E-state index contributed by atoms with van der Waals surface area (Å²) in [6, 6.07) is 8.45.